The van der Waals surface area contributed by atoms with Crippen LogP contribution in [-0.4, -0.2) is 47.8 Å². The number of carbonyl (C=O) groups excluding carboxylic acids is 2. The number of allylic oxidation sites excluding steroid dienone is 4. The first kappa shape index (κ1) is 22.0. The Morgan fingerprint density at radius 2 is 1.00 bits per heavy atom. The zero-order valence-electron chi connectivity index (χ0n) is 17.6. The summed E-state index contributed by atoms with van der Waals surface area (Å²) in [5.41, 5.74) is 2.19. The highest BCUT2D eigenvalue weighted by molar-refractivity contribution is 5.89. The van der Waals surface area contributed by atoms with Crippen molar-refractivity contribution in [1.29, 1.82) is 0 Å². The molecule has 0 saturated carbocycles. The molecule has 1 aliphatic rings. The first-order valence-corrected chi connectivity index (χ1v) is 10.6. The molecule has 31 heavy (non-hydrogen) atoms. The van der Waals surface area contributed by atoms with Crippen molar-refractivity contribution in [2.75, 3.05) is 26.2 Å². The zero-order chi connectivity index (χ0) is 21.7. The molecule has 0 N–H and O–H groups in total. The molecule has 1 saturated heterocycles. The molecule has 0 aliphatic carbocycles. The topological polar surface area (TPSA) is 40.6 Å². The number of carbonyl (C=O) groups is 2. The summed E-state index contributed by atoms with van der Waals surface area (Å²) in [6.45, 7) is 2.41. The molecule has 2 aromatic rings. The maximum Gasteiger partial charge on any atom is 0.246 e. The van der Waals surface area contributed by atoms with Crippen molar-refractivity contribution in [3.05, 3.63) is 108 Å². The van der Waals surface area contributed by atoms with Gasteiger partial charge in [-0.1, -0.05) is 97.1 Å². The molecule has 0 bridgehead atoms. The lowest BCUT2D eigenvalue weighted by Crippen LogP contribution is -2.36. The van der Waals surface area contributed by atoms with Crippen LogP contribution >= 0.6 is 0 Å². The molecule has 0 radical (unpaired) electrons. The Labute approximate surface area is 184 Å². The minimum atomic E-state index is -0.0200. The van der Waals surface area contributed by atoms with Gasteiger partial charge in [0.1, 0.15) is 0 Å². The van der Waals surface area contributed by atoms with Crippen molar-refractivity contribution in [2.45, 2.75) is 6.42 Å². The predicted octanol–water partition coefficient (Wildman–Crippen LogP) is 4.59. The SMILES string of the molecule is O=C(C=CC=Cc1ccccc1)N1CCCN(C(=O)C=CC=Cc2ccccc2)CC1. The van der Waals surface area contributed by atoms with Crippen LogP contribution in [0.25, 0.3) is 12.2 Å². The Morgan fingerprint density at radius 1 is 0.581 bits per heavy atom. The molecular weight excluding hydrogens is 384 g/mol. The fourth-order valence-corrected chi connectivity index (χ4v) is 3.31. The molecule has 2 amide bonds. The molecule has 0 spiro atoms. The molecule has 0 unspecified atom stereocenters. The van der Waals surface area contributed by atoms with Crippen molar-refractivity contribution in [3.63, 3.8) is 0 Å². The maximum absolute atomic E-state index is 12.5. The van der Waals surface area contributed by atoms with Crippen LogP contribution in [0.4, 0.5) is 0 Å². The molecule has 4 heteroatoms. The molecule has 4 nitrogen and oxygen atoms in total. The second kappa shape index (κ2) is 12.1. The van der Waals surface area contributed by atoms with Gasteiger partial charge in [0, 0.05) is 38.3 Å². The lowest BCUT2D eigenvalue weighted by Gasteiger charge is -2.20. The van der Waals surface area contributed by atoms with Crippen molar-refractivity contribution in [1.82, 2.24) is 9.80 Å². The summed E-state index contributed by atoms with van der Waals surface area (Å²) in [5, 5.41) is 0. The number of hydrogen-bond acceptors (Lipinski definition) is 2. The standard InChI is InChI=1S/C27H28N2O2/c30-26(18-9-7-16-24-12-3-1-4-13-24)28-20-11-21-29(23-22-28)27(31)19-10-8-17-25-14-5-2-6-15-25/h1-10,12-19H,11,20-23H2. The van der Waals surface area contributed by atoms with E-state index in [1.54, 1.807) is 34.1 Å². The summed E-state index contributed by atoms with van der Waals surface area (Å²) in [7, 11) is 0. The second-order valence-corrected chi connectivity index (χ2v) is 7.26. The Hall–Kier alpha value is -3.66. The van der Waals surface area contributed by atoms with Gasteiger partial charge in [-0.05, 0) is 17.5 Å². The largest absolute Gasteiger partial charge is 0.337 e. The Bertz CT molecular complexity index is 880. The Morgan fingerprint density at radius 3 is 1.42 bits per heavy atom. The van der Waals surface area contributed by atoms with Crippen molar-refractivity contribution in [3.8, 4) is 0 Å². The molecule has 0 aromatic heterocycles. The molecule has 3 rings (SSSR count). The summed E-state index contributed by atoms with van der Waals surface area (Å²) in [6.07, 6.45) is 15.2. The fourth-order valence-electron chi connectivity index (χ4n) is 3.31. The number of benzene rings is 2. The van der Waals surface area contributed by atoms with Gasteiger partial charge in [0.25, 0.3) is 0 Å². The normalized spacial score (nSPS) is 15.4. The summed E-state index contributed by atoms with van der Waals surface area (Å²) >= 11 is 0. The average molecular weight is 413 g/mol. The lowest BCUT2D eigenvalue weighted by molar-refractivity contribution is -0.128. The van der Waals surface area contributed by atoms with Crippen molar-refractivity contribution >= 4 is 24.0 Å². The predicted molar refractivity (Wildman–Crippen MR) is 127 cm³/mol. The van der Waals surface area contributed by atoms with Crippen LogP contribution in [0.3, 0.4) is 0 Å². The van der Waals surface area contributed by atoms with Crippen molar-refractivity contribution < 1.29 is 9.59 Å². The van der Waals surface area contributed by atoms with E-state index in [2.05, 4.69) is 0 Å². The fraction of sp³-hybridized carbons (Fsp3) is 0.185. The van der Waals surface area contributed by atoms with Gasteiger partial charge in [0.05, 0.1) is 0 Å². The highest BCUT2D eigenvalue weighted by Crippen LogP contribution is 2.07. The van der Waals surface area contributed by atoms with Gasteiger partial charge in [-0.2, -0.15) is 0 Å². The van der Waals surface area contributed by atoms with E-state index in [0.717, 1.165) is 17.5 Å². The van der Waals surface area contributed by atoms with E-state index in [-0.39, 0.29) is 11.8 Å². The van der Waals surface area contributed by atoms with Gasteiger partial charge in [0.2, 0.25) is 11.8 Å². The molecule has 158 valence electrons. The molecule has 1 heterocycles. The van der Waals surface area contributed by atoms with E-state index in [4.69, 9.17) is 0 Å². The summed E-state index contributed by atoms with van der Waals surface area (Å²) in [4.78, 5) is 28.5. The minimum Gasteiger partial charge on any atom is -0.337 e. The van der Waals surface area contributed by atoms with Gasteiger partial charge in [-0.25, -0.2) is 0 Å². The monoisotopic (exact) mass is 412 g/mol. The van der Waals surface area contributed by atoms with Gasteiger partial charge >= 0.3 is 0 Å². The third kappa shape index (κ3) is 7.59. The second-order valence-electron chi connectivity index (χ2n) is 7.26. The van der Waals surface area contributed by atoms with Crippen LogP contribution in [0.15, 0.2) is 97.1 Å². The van der Waals surface area contributed by atoms with E-state index < -0.39 is 0 Å². The van der Waals surface area contributed by atoms with E-state index >= 15 is 0 Å². The first-order chi connectivity index (χ1) is 15.2. The molecule has 2 aromatic carbocycles. The third-order valence-corrected chi connectivity index (χ3v) is 5.00. The third-order valence-electron chi connectivity index (χ3n) is 5.00. The van der Waals surface area contributed by atoms with E-state index in [1.807, 2.05) is 85.0 Å². The summed E-state index contributed by atoms with van der Waals surface area (Å²) in [6, 6.07) is 19.9. The molecular formula is C27H28N2O2. The van der Waals surface area contributed by atoms with Crippen LogP contribution in [-0.2, 0) is 9.59 Å². The average Bonchev–Trinajstić information content (AvgIpc) is 3.07. The van der Waals surface area contributed by atoms with E-state index in [1.165, 1.54) is 0 Å². The zero-order valence-corrected chi connectivity index (χ0v) is 17.6. The van der Waals surface area contributed by atoms with Gasteiger partial charge < -0.3 is 9.80 Å². The van der Waals surface area contributed by atoms with Gasteiger partial charge in [0.15, 0.2) is 0 Å². The first-order valence-electron chi connectivity index (χ1n) is 10.6. The van der Waals surface area contributed by atoms with Crippen LogP contribution in [0.5, 0.6) is 0 Å². The van der Waals surface area contributed by atoms with Gasteiger partial charge in [-0.3, -0.25) is 9.59 Å². The summed E-state index contributed by atoms with van der Waals surface area (Å²) < 4.78 is 0. The van der Waals surface area contributed by atoms with Crippen LogP contribution in [0.2, 0.25) is 0 Å². The molecule has 1 aliphatic heterocycles. The highest BCUT2D eigenvalue weighted by atomic mass is 16.2. The number of hydrogen-bond donors (Lipinski definition) is 0. The van der Waals surface area contributed by atoms with E-state index in [9.17, 15) is 9.59 Å². The molecule has 1 fully saturated rings. The highest BCUT2D eigenvalue weighted by Gasteiger charge is 2.19. The quantitative estimate of drug-likeness (QED) is 0.514. The Kier molecular flexibility index (Phi) is 8.62. The number of nitrogens with zero attached hydrogens (tertiary/aromatic N) is 2. The minimum absolute atomic E-state index is 0.0200. The van der Waals surface area contributed by atoms with Crippen LogP contribution in [0, 0.1) is 0 Å². The number of rotatable bonds is 6. The Balaban J connectivity index is 1.45. The van der Waals surface area contributed by atoms with Crippen molar-refractivity contribution in [2.24, 2.45) is 0 Å². The van der Waals surface area contributed by atoms with Crippen LogP contribution in [0.1, 0.15) is 17.5 Å². The van der Waals surface area contributed by atoms with E-state index in [0.29, 0.717) is 26.2 Å². The van der Waals surface area contributed by atoms with Crippen LogP contribution < -0.4 is 0 Å². The lowest BCUT2D eigenvalue weighted by atomic mass is 10.2. The number of amides is 2. The molecule has 0 atom stereocenters. The van der Waals surface area contributed by atoms with Gasteiger partial charge in [-0.15, -0.1) is 0 Å². The smallest absolute Gasteiger partial charge is 0.246 e. The maximum atomic E-state index is 12.5. The summed E-state index contributed by atoms with van der Waals surface area (Å²) in [5.74, 6) is -0.0401.